The standard InChI is InChI=1S/C40H64O12/c1-20-27(42)29(44)30(45)32(50-20)52-31-28(43)23(41)19-49-33(31)51-26-11-12-37(5)24(35(26,2)3)10-13-39(7)25(37)9-8-21-22-18-36(4,48)14-16-40(22,34(46)47)17-15-38(21,39)6/h8,20,22-33,41-45,48H,9-19H2,1-7H3,(H,46,47)/t20-,22-,23-,24-,25+,26-,27-,28-,29+,30+,31+,32-,33-,36+,37-,38+,39+,40-/m0/s1. The summed E-state index contributed by atoms with van der Waals surface area (Å²) < 4.78 is 24.4. The predicted octanol–water partition coefficient (Wildman–Crippen LogP) is 3.27. The van der Waals surface area contributed by atoms with Gasteiger partial charge < -0.3 is 54.7 Å². The van der Waals surface area contributed by atoms with Gasteiger partial charge in [-0.3, -0.25) is 4.79 Å². The van der Waals surface area contributed by atoms with Gasteiger partial charge in [-0.05, 0) is 117 Å². The summed E-state index contributed by atoms with van der Waals surface area (Å²) >= 11 is 0. The molecule has 0 spiro atoms. The zero-order valence-corrected chi connectivity index (χ0v) is 32.0. The number of fused-ring (bicyclic) bond motifs is 7. The van der Waals surface area contributed by atoms with Crippen LogP contribution in [0.4, 0.5) is 0 Å². The largest absolute Gasteiger partial charge is 0.481 e. The fourth-order valence-corrected chi connectivity index (χ4v) is 13.1. The number of aliphatic hydroxyl groups is 6. The topological polar surface area (TPSA) is 196 Å². The second-order valence-electron chi connectivity index (χ2n) is 19.5. The third-order valence-electron chi connectivity index (χ3n) is 16.6. The molecule has 12 nitrogen and oxygen atoms in total. The van der Waals surface area contributed by atoms with Gasteiger partial charge in [-0.1, -0.05) is 46.3 Å². The molecule has 296 valence electrons. The first-order valence-corrected chi connectivity index (χ1v) is 19.8. The van der Waals surface area contributed by atoms with Gasteiger partial charge in [0, 0.05) is 0 Å². The highest BCUT2D eigenvalue weighted by molar-refractivity contribution is 5.76. The van der Waals surface area contributed by atoms with Crippen molar-refractivity contribution in [2.75, 3.05) is 6.61 Å². The number of carboxylic acid groups (broad SMARTS) is 1. The van der Waals surface area contributed by atoms with Crippen LogP contribution in [0.2, 0.25) is 0 Å². The van der Waals surface area contributed by atoms with Crippen LogP contribution in [-0.2, 0) is 23.7 Å². The molecule has 0 bridgehead atoms. The summed E-state index contributed by atoms with van der Waals surface area (Å²) in [5.41, 5.74) is -1.02. The summed E-state index contributed by atoms with van der Waals surface area (Å²) in [6, 6.07) is 0. The molecule has 6 fully saturated rings. The minimum Gasteiger partial charge on any atom is -0.481 e. The molecule has 52 heavy (non-hydrogen) atoms. The normalized spacial score (nSPS) is 55.9. The Bertz CT molecular complexity index is 1420. The Hall–Kier alpha value is -1.19. The zero-order valence-electron chi connectivity index (χ0n) is 32.0. The molecule has 0 unspecified atom stereocenters. The van der Waals surface area contributed by atoms with Gasteiger partial charge in [0.1, 0.15) is 36.6 Å². The van der Waals surface area contributed by atoms with Crippen LogP contribution in [0.1, 0.15) is 113 Å². The van der Waals surface area contributed by atoms with Crippen molar-refractivity contribution < 1.29 is 59.5 Å². The maximum Gasteiger partial charge on any atom is 0.310 e. The van der Waals surface area contributed by atoms with Gasteiger partial charge in [-0.15, -0.1) is 0 Å². The van der Waals surface area contributed by atoms with Crippen LogP contribution in [0, 0.1) is 44.8 Å². The quantitative estimate of drug-likeness (QED) is 0.161. The molecule has 2 aliphatic heterocycles. The van der Waals surface area contributed by atoms with Crippen molar-refractivity contribution in [3.8, 4) is 0 Å². The Morgan fingerprint density at radius 1 is 0.808 bits per heavy atom. The number of ether oxygens (including phenoxy) is 4. The van der Waals surface area contributed by atoms with E-state index >= 15 is 0 Å². The van der Waals surface area contributed by atoms with Gasteiger partial charge in [0.25, 0.3) is 0 Å². The SMILES string of the molecule is C[C@@H]1O[C@@H](O[C@H]2[C@H](O[C@H]3CC[C@]4(C)[C@H]5CC=C6[C@@H]7C[C@](C)(O)CC[C@]7(C(=O)O)CC[C@@]6(C)[C@]5(C)CC[C@H]4C3(C)C)OC[C@H](O)[C@@H]2O)[C@H](O)[C@H](O)[C@H]1O. The Kier molecular flexibility index (Phi) is 9.71. The van der Waals surface area contributed by atoms with Crippen molar-refractivity contribution in [3.63, 3.8) is 0 Å². The summed E-state index contributed by atoms with van der Waals surface area (Å²) in [6.07, 6.45) is -2.12. The Labute approximate surface area is 307 Å². The van der Waals surface area contributed by atoms with Crippen LogP contribution >= 0.6 is 0 Å². The molecule has 0 aromatic heterocycles. The molecule has 4 saturated carbocycles. The number of aliphatic hydroxyl groups excluding tert-OH is 5. The molecule has 7 N–H and O–H groups in total. The summed E-state index contributed by atoms with van der Waals surface area (Å²) in [4.78, 5) is 13.0. The third kappa shape index (κ3) is 5.63. The lowest BCUT2D eigenvalue weighted by molar-refractivity contribution is -0.364. The van der Waals surface area contributed by atoms with Crippen molar-refractivity contribution in [2.45, 2.75) is 180 Å². The number of aliphatic carboxylic acids is 1. The van der Waals surface area contributed by atoms with E-state index in [-0.39, 0.29) is 46.2 Å². The van der Waals surface area contributed by atoms with E-state index in [1.165, 1.54) is 5.57 Å². The summed E-state index contributed by atoms with van der Waals surface area (Å²) in [5.74, 6) is -0.245. The van der Waals surface area contributed by atoms with Crippen molar-refractivity contribution in [1.82, 2.24) is 0 Å². The molecule has 2 heterocycles. The van der Waals surface area contributed by atoms with E-state index in [0.29, 0.717) is 31.6 Å². The van der Waals surface area contributed by atoms with Crippen molar-refractivity contribution in [2.24, 2.45) is 44.8 Å². The molecule has 7 rings (SSSR count). The van der Waals surface area contributed by atoms with E-state index < -0.39 is 72.3 Å². The predicted molar refractivity (Wildman–Crippen MR) is 187 cm³/mol. The van der Waals surface area contributed by atoms with E-state index in [0.717, 1.165) is 38.5 Å². The summed E-state index contributed by atoms with van der Waals surface area (Å²) in [7, 11) is 0. The lowest BCUT2D eigenvalue weighted by atomic mass is 9.33. The summed E-state index contributed by atoms with van der Waals surface area (Å²) in [5, 5.41) is 74.7. The smallest absolute Gasteiger partial charge is 0.310 e. The van der Waals surface area contributed by atoms with Crippen LogP contribution in [-0.4, -0.2) is 115 Å². The molecular weight excluding hydrogens is 672 g/mol. The van der Waals surface area contributed by atoms with E-state index in [2.05, 4.69) is 40.7 Å². The molecule has 0 amide bonds. The fraction of sp³-hybridized carbons (Fsp3) is 0.925. The maximum absolute atomic E-state index is 13.0. The molecule has 0 aromatic carbocycles. The molecule has 0 radical (unpaired) electrons. The van der Waals surface area contributed by atoms with E-state index in [4.69, 9.17) is 18.9 Å². The monoisotopic (exact) mass is 736 g/mol. The molecule has 18 atom stereocenters. The Morgan fingerprint density at radius 3 is 2.19 bits per heavy atom. The first-order valence-electron chi connectivity index (χ1n) is 19.8. The minimum absolute atomic E-state index is 0.0347. The van der Waals surface area contributed by atoms with Crippen molar-refractivity contribution >= 4 is 5.97 Å². The molecule has 5 aliphatic carbocycles. The van der Waals surface area contributed by atoms with E-state index in [1.807, 2.05) is 6.92 Å². The van der Waals surface area contributed by atoms with Crippen molar-refractivity contribution in [3.05, 3.63) is 11.6 Å². The van der Waals surface area contributed by atoms with Gasteiger partial charge in [-0.25, -0.2) is 0 Å². The average Bonchev–Trinajstić information content (AvgIpc) is 3.06. The van der Waals surface area contributed by atoms with Crippen LogP contribution in [0.5, 0.6) is 0 Å². The Balaban J connectivity index is 1.13. The second kappa shape index (κ2) is 12.9. The maximum atomic E-state index is 13.0. The highest BCUT2D eigenvalue weighted by atomic mass is 16.8. The molecule has 7 aliphatic rings. The average molecular weight is 737 g/mol. The molecule has 0 aromatic rings. The zero-order chi connectivity index (χ0) is 38.0. The van der Waals surface area contributed by atoms with Gasteiger partial charge >= 0.3 is 5.97 Å². The lowest BCUT2D eigenvalue weighted by Gasteiger charge is -2.71. The second-order valence-corrected chi connectivity index (χ2v) is 19.5. The van der Waals surface area contributed by atoms with Crippen LogP contribution in [0.15, 0.2) is 11.6 Å². The van der Waals surface area contributed by atoms with E-state index in [1.54, 1.807) is 6.92 Å². The first-order chi connectivity index (χ1) is 24.1. The Morgan fingerprint density at radius 2 is 1.50 bits per heavy atom. The highest BCUT2D eigenvalue weighted by Crippen LogP contribution is 2.75. The number of carbonyl (C=O) groups is 1. The van der Waals surface area contributed by atoms with Gasteiger partial charge in [-0.2, -0.15) is 0 Å². The number of allylic oxidation sites excluding steroid dienone is 2. The van der Waals surface area contributed by atoms with Gasteiger partial charge in [0.15, 0.2) is 12.6 Å². The highest BCUT2D eigenvalue weighted by Gasteiger charge is 2.69. The van der Waals surface area contributed by atoms with Crippen LogP contribution < -0.4 is 0 Å². The molecule has 12 heteroatoms. The van der Waals surface area contributed by atoms with E-state index in [9.17, 15) is 40.5 Å². The number of hydrogen-bond acceptors (Lipinski definition) is 11. The van der Waals surface area contributed by atoms with Crippen LogP contribution in [0.25, 0.3) is 0 Å². The number of rotatable bonds is 5. The van der Waals surface area contributed by atoms with Gasteiger partial charge in [0.2, 0.25) is 0 Å². The molecule has 2 saturated heterocycles. The van der Waals surface area contributed by atoms with Crippen LogP contribution in [0.3, 0.4) is 0 Å². The lowest BCUT2D eigenvalue weighted by Crippen LogP contribution is -2.66. The minimum atomic E-state index is -1.59. The third-order valence-corrected chi connectivity index (χ3v) is 16.6. The van der Waals surface area contributed by atoms with Crippen molar-refractivity contribution in [1.29, 1.82) is 0 Å². The number of hydrogen-bond donors (Lipinski definition) is 7. The summed E-state index contributed by atoms with van der Waals surface area (Å²) in [6.45, 7) is 15.0. The number of carboxylic acids is 1. The fourth-order valence-electron chi connectivity index (χ4n) is 13.1. The first kappa shape index (κ1) is 39.1. The molecular formula is C40H64O12. The van der Waals surface area contributed by atoms with Gasteiger partial charge in [0.05, 0.1) is 29.8 Å².